The van der Waals surface area contributed by atoms with Gasteiger partial charge >= 0.3 is 0 Å². The lowest BCUT2D eigenvalue weighted by atomic mass is 10.0. The molecule has 0 amide bonds. The molecule has 19 heavy (non-hydrogen) atoms. The van der Waals surface area contributed by atoms with Crippen molar-refractivity contribution in [3.05, 3.63) is 29.8 Å². The third-order valence-electron chi connectivity index (χ3n) is 4.96. The van der Waals surface area contributed by atoms with Gasteiger partial charge in [0.05, 0.1) is 0 Å². The summed E-state index contributed by atoms with van der Waals surface area (Å²) in [4.78, 5) is 2.68. The number of piperidine rings is 1. The maximum absolute atomic E-state index is 6.34. The predicted octanol–water partition coefficient (Wildman–Crippen LogP) is 3.22. The number of ether oxygens (including phenoxy) is 1. The second-order valence-corrected chi connectivity index (χ2v) is 6.82. The van der Waals surface area contributed by atoms with E-state index in [1.807, 2.05) is 0 Å². The Bertz CT molecular complexity index is 439. The van der Waals surface area contributed by atoms with Gasteiger partial charge in [-0.3, -0.25) is 4.90 Å². The fraction of sp³-hybridized carbons (Fsp3) is 0.625. The van der Waals surface area contributed by atoms with Crippen molar-refractivity contribution < 1.29 is 4.74 Å². The van der Waals surface area contributed by atoms with Crippen molar-refractivity contribution in [3.8, 4) is 5.75 Å². The molecule has 0 aromatic heterocycles. The highest BCUT2D eigenvalue weighted by Gasteiger charge is 2.41. The zero-order valence-corrected chi connectivity index (χ0v) is 11.9. The number of halogens is 1. The molecular weight excluding hydrogens is 258 g/mol. The highest BCUT2D eigenvalue weighted by molar-refractivity contribution is 6.20. The second kappa shape index (κ2) is 4.68. The van der Waals surface area contributed by atoms with Crippen LogP contribution < -0.4 is 4.74 Å². The third-order valence-corrected chi connectivity index (χ3v) is 5.31. The standard InChI is InChI=1S/C16H20ClNO/c17-12-8-13-5-6-14(9-12)18(13)10-15-7-11-3-1-2-4-16(11)19-15/h1-4,12-15H,5-10H2. The quantitative estimate of drug-likeness (QED) is 0.770. The van der Waals surface area contributed by atoms with E-state index < -0.39 is 0 Å². The summed E-state index contributed by atoms with van der Waals surface area (Å²) in [5, 5.41) is 0.399. The third kappa shape index (κ3) is 2.15. The maximum Gasteiger partial charge on any atom is 0.123 e. The Labute approximate surface area is 119 Å². The Morgan fingerprint density at radius 1 is 1.16 bits per heavy atom. The Balaban J connectivity index is 1.44. The van der Waals surface area contributed by atoms with Gasteiger partial charge in [-0.15, -0.1) is 11.6 Å². The van der Waals surface area contributed by atoms with Crippen molar-refractivity contribution in [2.24, 2.45) is 0 Å². The normalized spacial score (nSPS) is 37.1. The van der Waals surface area contributed by atoms with Gasteiger partial charge in [-0.25, -0.2) is 0 Å². The SMILES string of the molecule is ClC1CC2CCC(C1)N2CC1Cc2ccccc2O1. The number of para-hydroxylation sites is 1. The monoisotopic (exact) mass is 277 g/mol. The lowest BCUT2D eigenvalue weighted by molar-refractivity contribution is 0.0857. The van der Waals surface area contributed by atoms with Crippen molar-refractivity contribution in [2.75, 3.05) is 6.54 Å². The summed E-state index contributed by atoms with van der Waals surface area (Å²) in [6.45, 7) is 1.08. The average molecular weight is 278 g/mol. The van der Waals surface area contributed by atoms with Crippen LogP contribution in [0.1, 0.15) is 31.2 Å². The summed E-state index contributed by atoms with van der Waals surface area (Å²) in [5.74, 6) is 1.09. The molecule has 2 nitrogen and oxygen atoms in total. The van der Waals surface area contributed by atoms with Gasteiger partial charge in [0.1, 0.15) is 11.9 Å². The summed E-state index contributed by atoms with van der Waals surface area (Å²) in [7, 11) is 0. The summed E-state index contributed by atoms with van der Waals surface area (Å²) in [5.41, 5.74) is 1.37. The van der Waals surface area contributed by atoms with E-state index in [0.29, 0.717) is 23.6 Å². The van der Waals surface area contributed by atoms with Crippen LogP contribution in [0.15, 0.2) is 24.3 Å². The first-order chi connectivity index (χ1) is 9.29. The summed E-state index contributed by atoms with van der Waals surface area (Å²) < 4.78 is 6.09. The molecule has 1 aromatic carbocycles. The van der Waals surface area contributed by atoms with E-state index in [2.05, 4.69) is 29.2 Å². The molecule has 3 unspecified atom stereocenters. The van der Waals surface area contributed by atoms with E-state index in [-0.39, 0.29) is 0 Å². The van der Waals surface area contributed by atoms with Gasteiger partial charge in [-0.2, -0.15) is 0 Å². The summed E-state index contributed by atoms with van der Waals surface area (Å²) >= 11 is 6.34. The maximum atomic E-state index is 6.34. The average Bonchev–Trinajstić information content (AvgIpc) is 2.90. The smallest absolute Gasteiger partial charge is 0.123 e. The predicted molar refractivity (Wildman–Crippen MR) is 77.0 cm³/mol. The van der Waals surface area contributed by atoms with Crippen LogP contribution in [0.2, 0.25) is 0 Å². The zero-order chi connectivity index (χ0) is 12.8. The molecule has 3 aliphatic rings. The Kier molecular flexibility index (Phi) is 2.96. The number of fused-ring (bicyclic) bond motifs is 3. The Morgan fingerprint density at radius 2 is 1.89 bits per heavy atom. The van der Waals surface area contributed by atoms with E-state index >= 15 is 0 Å². The van der Waals surface area contributed by atoms with Gasteiger partial charge in [-0.1, -0.05) is 18.2 Å². The minimum Gasteiger partial charge on any atom is -0.488 e. The molecule has 2 bridgehead atoms. The largest absolute Gasteiger partial charge is 0.488 e. The molecule has 0 aliphatic carbocycles. The zero-order valence-electron chi connectivity index (χ0n) is 11.1. The number of hydrogen-bond acceptors (Lipinski definition) is 2. The van der Waals surface area contributed by atoms with Crippen molar-refractivity contribution in [3.63, 3.8) is 0 Å². The lowest BCUT2D eigenvalue weighted by Gasteiger charge is -2.38. The first-order valence-corrected chi connectivity index (χ1v) is 7.87. The number of nitrogens with zero attached hydrogens (tertiary/aromatic N) is 1. The highest BCUT2D eigenvalue weighted by atomic mass is 35.5. The van der Waals surface area contributed by atoms with E-state index in [4.69, 9.17) is 16.3 Å². The fourth-order valence-electron chi connectivity index (χ4n) is 4.10. The summed E-state index contributed by atoms with van der Waals surface area (Å²) in [6.07, 6.45) is 6.39. The molecule has 3 aliphatic heterocycles. The Morgan fingerprint density at radius 3 is 2.63 bits per heavy atom. The molecule has 102 valence electrons. The van der Waals surface area contributed by atoms with Gasteiger partial charge in [-0.05, 0) is 37.3 Å². The molecular formula is C16H20ClNO. The van der Waals surface area contributed by atoms with Gasteiger partial charge < -0.3 is 4.74 Å². The molecule has 0 spiro atoms. The van der Waals surface area contributed by atoms with Crippen molar-refractivity contribution in [2.45, 2.75) is 55.7 Å². The van der Waals surface area contributed by atoms with Crippen LogP contribution in [0.4, 0.5) is 0 Å². The van der Waals surface area contributed by atoms with E-state index in [1.54, 1.807) is 0 Å². The second-order valence-electron chi connectivity index (χ2n) is 6.20. The van der Waals surface area contributed by atoms with Crippen molar-refractivity contribution >= 4 is 11.6 Å². The topological polar surface area (TPSA) is 12.5 Å². The van der Waals surface area contributed by atoms with Gasteiger partial charge in [0, 0.05) is 30.4 Å². The molecule has 4 rings (SSSR count). The van der Waals surface area contributed by atoms with Crippen LogP contribution >= 0.6 is 11.6 Å². The van der Waals surface area contributed by atoms with E-state index in [1.165, 1.54) is 18.4 Å². The Hall–Kier alpha value is -0.730. The van der Waals surface area contributed by atoms with Gasteiger partial charge in [0.25, 0.3) is 0 Å². The molecule has 1 aromatic rings. The molecule has 3 heteroatoms. The van der Waals surface area contributed by atoms with Gasteiger partial charge in [0.2, 0.25) is 0 Å². The molecule has 0 saturated carbocycles. The van der Waals surface area contributed by atoms with Crippen molar-refractivity contribution in [1.82, 2.24) is 4.90 Å². The number of rotatable bonds is 2. The first-order valence-electron chi connectivity index (χ1n) is 7.44. The van der Waals surface area contributed by atoms with E-state index in [0.717, 1.165) is 31.6 Å². The minimum atomic E-state index is 0.340. The molecule has 3 atom stereocenters. The van der Waals surface area contributed by atoms with Crippen molar-refractivity contribution in [1.29, 1.82) is 0 Å². The molecule has 2 fully saturated rings. The van der Waals surface area contributed by atoms with Crippen LogP contribution in [-0.4, -0.2) is 35.0 Å². The molecule has 0 N–H and O–H groups in total. The first kappa shape index (κ1) is 12.0. The molecule has 0 radical (unpaired) electrons. The number of benzene rings is 1. The van der Waals surface area contributed by atoms with Crippen LogP contribution in [0.5, 0.6) is 5.75 Å². The van der Waals surface area contributed by atoms with Crippen LogP contribution in [0, 0.1) is 0 Å². The summed E-state index contributed by atoms with van der Waals surface area (Å²) in [6, 6.07) is 9.85. The number of hydrogen-bond donors (Lipinski definition) is 0. The van der Waals surface area contributed by atoms with Crippen LogP contribution in [0.25, 0.3) is 0 Å². The molecule has 2 saturated heterocycles. The van der Waals surface area contributed by atoms with E-state index in [9.17, 15) is 0 Å². The minimum absolute atomic E-state index is 0.340. The molecule has 3 heterocycles. The lowest BCUT2D eigenvalue weighted by Crippen LogP contribution is -2.47. The number of alkyl halides is 1. The van der Waals surface area contributed by atoms with Crippen LogP contribution in [-0.2, 0) is 6.42 Å². The highest BCUT2D eigenvalue weighted by Crippen LogP contribution is 2.39. The van der Waals surface area contributed by atoms with Gasteiger partial charge in [0.15, 0.2) is 0 Å². The van der Waals surface area contributed by atoms with Crippen LogP contribution in [0.3, 0.4) is 0 Å². The fourth-order valence-corrected chi connectivity index (χ4v) is 4.51.